The van der Waals surface area contributed by atoms with E-state index < -0.39 is 6.10 Å². The fraction of sp³-hybridized carbons (Fsp3) is 0.597. The number of carbonyl (C=O) groups is 3. The maximum Gasteiger partial charge on any atom is 0.306 e. The minimum absolute atomic E-state index is 0.110. The molecule has 0 aromatic carbocycles. The molecule has 0 bridgehead atoms. The highest BCUT2D eigenvalue weighted by molar-refractivity contribution is 5.71. The first-order valence-corrected chi connectivity index (χ1v) is 31.5. The van der Waals surface area contributed by atoms with Crippen LogP contribution in [0.3, 0.4) is 0 Å². The molecule has 0 aromatic rings. The van der Waals surface area contributed by atoms with Crippen LogP contribution in [0.1, 0.15) is 258 Å². The first-order valence-electron chi connectivity index (χ1n) is 31.5. The molecule has 78 heavy (non-hydrogen) atoms. The van der Waals surface area contributed by atoms with Crippen molar-refractivity contribution >= 4 is 17.9 Å². The minimum Gasteiger partial charge on any atom is -0.462 e. The summed E-state index contributed by atoms with van der Waals surface area (Å²) in [5.41, 5.74) is 0. The van der Waals surface area contributed by atoms with Crippen LogP contribution in [0.2, 0.25) is 0 Å². The second-order valence-electron chi connectivity index (χ2n) is 20.2. The van der Waals surface area contributed by atoms with E-state index in [2.05, 4.69) is 179 Å². The third-order valence-corrected chi connectivity index (χ3v) is 12.7. The van der Waals surface area contributed by atoms with E-state index in [1.807, 2.05) is 0 Å². The Labute approximate surface area is 480 Å². The van der Waals surface area contributed by atoms with E-state index >= 15 is 0 Å². The molecule has 0 spiro atoms. The Morgan fingerprint density at radius 1 is 0.269 bits per heavy atom. The lowest BCUT2D eigenvalue weighted by atomic mass is 10.1. The van der Waals surface area contributed by atoms with Crippen molar-refractivity contribution in [3.63, 3.8) is 0 Å². The second kappa shape index (κ2) is 64.6. The van der Waals surface area contributed by atoms with Gasteiger partial charge in [0.1, 0.15) is 13.2 Å². The number of ether oxygens (including phenoxy) is 3. The van der Waals surface area contributed by atoms with E-state index in [0.717, 1.165) is 167 Å². The highest BCUT2D eigenvalue weighted by atomic mass is 16.6. The van der Waals surface area contributed by atoms with E-state index in [4.69, 9.17) is 14.2 Å². The normalized spacial score (nSPS) is 13.2. The molecule has 0 aliphatic carbocycles. The SMILES string of the molecule is CC/C=C\C/C=C\C/C=C\C/C=C\C/C=C\C/C=C\CCCCCCCCC(=O)OCC(COC(=O)CCCCCCC/C=C\C/C=C\CCCCCC)OC(=O)CCCCC/C=C\C/C=C\C/C=C\C/C=C\C/C=C\CC. The van der Waals surface area contributed by atoms with Crippen molar-refractivity contribution in [3.8, 4) is 0 Å². The summed E-state index contributed by atoms with van der Waals surface area (Å²) in [6, 6.07) is 0. The Morgan fingerprint density at radius 3 is 0.795 bits per heavy atom. The van der Waals surface area contributed by atoms with Crippen LogP contribution in [0.5, 0.6) is 0 Å². The van der Waals surface area contributed by atoms with Crippen molar-refractivity contribution in [2.75, 3.05) is 13.2 Å². The molecule has 1 unspecified atom stereocenters. The molecular weight excluding hydrogens is 961 g/mol. The fourth-order valence-electron chi connectivity index (χ4n) is 8.09. The van der Waals surface area contributed by atoms with Crippen molar-refractivity contribution in [1.82, 2.24) is 0 Å². The van der Waals surface area contributed by atoms with Crippen molar-refractivity contribution in [2.45, 2.75) is 264 Å². The van der Waals surface area contributed by atoms with Crippen LogP contribution in [0.4, 0.5) is 0 Å². The Balaban J connectivity index is 4.51. The Bertz CT molecular complexity index is 1760. The van der Waals surface area contributed by atoms with Crippen LogP contribution in [0, 0.1) is 0 Å². The van der Waals surface area contributed by atoms with E-state index in [-0.39, 0.29) is 37.5 Å². The Kier molecular flexibility index (Phi) is 60.4. The molecule has 0 rings (SSSR count). The number of allylic oxidation sites excluding steroid dienone is 26. The molecule has 0 aliphatic heterocycles. The average Bonchev–Trinajstić information content (AvgIpc) is 3.44. The second-order valence-corrected chi connectivity index (χ2v) is 20.2. The van der Waals surface area contributed by atoms with Crippen LogP contribution in [-0.4, -0.2) is 37.2 Å². The van der Waals surface area contributed by atoms with Gasteiger partial charge in [-0.3, -0.25) is 14.4 Å². The predicted molar refractivity (Wildman–Crippen MR) is 338 cm³/mol. The molecular formula is C72H114O6. The summed E-state index contributed by atoms with van der Waals surface area (Å²) < 4.78 is 16.9. The molecule has 438 valence electrons. The summed E-state index contributed by atoms with van der Waals surface area (Å²) in [5, 5.41) is 0. The van der Waals surface area contributed by atoms with Gasteiger partial charge in [0.05, 0.1) is 0 Å². The molecule has 6 nitrogen and oxygen atoms in total. The molecule has 0 saturated carbocycles. The minimum atomic E-state index is -0.817. The summed E-state index contributed by atoms with van der Waals surface area (Å²) in [6.45, 7) is 6.34. The van der Waals surface area contributed by atoms with Gasteiger partial charge in [0.25, 0.3) is 0 Å². The van der Waals surface area contributed by atoms with Crippen LogP contribution in [-0.2, 0) is 28.6 Å². The van der Waals surface area contributed by atoms with Gasteiger partial charge < -0.3 is 14.2 Å². The lowest BCUT2D eigenvalue weighted by molar-refractivity contribution is -0.167. The van der Waals surface area contributed by atoms with Crippen LogP contribution >= 0.6 is 0 Å². The lowest BCUT2D eigenvalue weighted by Crippen LogP contribution is -2.30. The standard InChI is InChI=1S/C72H114O6/c1-4-7-10-13-16-19-22-25-28-31-33-34-35-36-37-38-40-41-44-47-50-53-56-59-62-65-71(74)77-68-69(67-76-70(73)64-61-58-55-52-49-46-43-30-27-24-21-18-15-12-9-6-3)78-72(75)66-63-60-57-54-51-48-45-42-39-32-29-26-23-20-17-14-11-8-5-2/h7-8,10-11,16-17,19-21,24-26,28-30,33-34,36-37,39-43,48,51,69H,4-6,9,12-15,18,22-23,27,31-32,35,38,44-47,49-50,52-68H2,1-3H3/b10-7-,11-8-,19-16-,20-17-,24-21-,28-25-,29-26-,34-33-,37-36-,41-40-,42-39-,43-30-,51-48-. The number of rotatable bonds is 55. The molecule has 0 amide bonds. The number of hydrogen-bond acceptors (Lipinski definition) is 6. The van der Waals surface area contributed by atoms with Crippen molar-refractivity contribution in [1.29, 1.82) is 0 Å². The number of esters is 3. The van der Waals surface area contributed by atoms with Gasteiger partial charge in [-0.1, -0.05) is 249 Å². The Morgan fingerprint density at radius 2 is 0.500 bits per heavy atom. The largest absolute Gasteiger partial charge is 0.462 e. The smallest absolute Gasteiger partial charge is 0.306 e. The molecule has 1 atom stereocenters. The molecule has 0 fully saturated rings. The molecule has 6 heteroatoms. The van der Waals surface area contributed by atoms with Gasteiger partial charge in [0, 0.05) is 19.3 Å². The molecule has 0 radical (unpaired) electrons. The van der Waals surface area contributed by atoms with Gasteiger partial charge in [-0.2, -0.15) is 0 Å². The fourth-order valence-corrected chi connectivity index (χ4v) is 8.09. The molecule has 0 aliphatic rings. The maximum atomic E-state index is 12.9. The van der Waals surface area contributed by atoms with Crippen LogP contribution in [0.25, 0.3) is 0 Å². The van der Waals surface area contributed by atoms with E-state index in [1.54, 1.807) is 0 Å². The number of carbonyl (C=O) groups excluding carboxylic acids is 3. The van der Waals surface area contributed by atoms with Crippen LogP contribution < -0.4 is 0 Å². The third-order valence-electron chi connectivity index (χ3n) is 12.7. The van der Waals surface area contributed by atoms with Crippen molar-refractivity contribution in [3.05, 3.63) is 158 Å². The summed E-state index contributed by atoms with van der Waals surface area (Å²) in [5.74, 6) is -0.974. The van der Waals surface area contributed by atoms with Crippen molar-refractivity contribution < 1.29 is 28.6 Å². The predicted octanol–water partition coefficient (Wildman–Crippen LogP) is 21.7. The van der Waals surface area contributed by atoms with E-state index in [0.29, 0.717) is 19.3 Å². The highest BCUT2D eigenvalue weighted by Crippen LogP contribution is 2.13. The quantitative estimate of drug-likeness (QED) is 0.0261. The zero-order valence-corrected chi connectivity index (χ0v) is 50.1. The number of unbranched alkanes of at least 4 members (excludes halogenated alkanes) is 18. The summed E-state index contributed by atoms with van der Waals surface area (Å²) in [7, 11) is 0. The first kappa shape index (κ1) is 73.0. The zero-order chi connectivity index (χ0) is 56.4. The summed E-state index contributed by atoms with van der Waals surface area (Å²) >= 11 is 0. The Hall–Kier alpha value is -4.97. The highest BCUT2D eigenvalue weighted by Gasteiger charge is 2.19. The topological polar surface area (TPSA) is 78.9 Å². The summed E-state index contributed by atoms with van der Waals surface area (Å²) in [4.78, 5) is 38.3. The van der Waals surface area contributed by atoms with Gasteiger partial charge >= 0.3 is 17.9 Å². The van der Waals surface area contributed by atoms with Gasteiger partial charge in [-0.05, 0) is 148 Å². The summed E-state index contributed by atoms with van der Waals surface area (Å²) in [6.07, 6.45) is 93.8. The lowest BCUT2D eigenvalue weighted by Gasteiger charge is -2.18. The van der Waals surface area contributed by atoms with Gasteiger partial charge in [-0.15, -0.1) is 0 Å². The monoisotopic (exact) mass is 1070 g/mol. The van der Waals surface area contributed by atoms with Crippen LogP contribution in [0.15, 0.2) is 158 Å². The molecule has 0 heterocycles. The van der Waals surface area contributed by atoms with Gasteiger partial charge in [0.2, 0.25) is 0 Å². The van der Waals surface area contributed by atoms with Crippen molar-refractivity contribution in [2.24, 2.45) is 0 Å². The maximum absolute atomic E-state index is 12.9. The van der Waals surface area contributed by atoms with Gasteiger partial charge in [0.15, 0.2) is 6.10 Å². The average molecular weight is 1080 g/mol. The first-order chi connectivity index (χ1) is 38.5. The molecule has 0 saturated heterocycles. The van der Waals surface area contributed by atoms with E-state index in [1.165, 1.54) is 44.9 Å². The van der Waals surface area contributed by atoms with E-state index in [9.17, 15) is 14.4 Å². The molecule has 0 N–H and O–H groups in total. The zero-order valence-electron chi connectivity index (χ0n) is 50.1. The molecule has 0 aromatic heterocycles. The van der Waals surface area contributed by atoms with Gasteiger partial charge in [-0.25, -0.2) is 0 Å². The number of hydrogen-bond donors (Lipinski definition) is 0. The third kappa shape index (κ3) is 61.9.